The molecule has 2 rings (SSSR count). The molecule has 0 aliphatic carbocycles. The lowest BCUT2D eigenvalue weighted by atomic mass is 10.1. The summed E-state index contributed by atoms with van der Waals surface area (Å²) in [6, 6.07) is 11.9. The number of benzene rings is 2. The number of nitrogens with one attached hydrogen (secondary N) is 1. The van der Waals surface area contributed by atoms with Crippen LogP contribution >= 0.6 is 0 Å². The largest absolute Gasteiger partial charge is 0.449 e. The fourth-order valence-corrected chi connectivity index (χ4v) is 2.87. The predicted octanol–water partition coefficient (Wildman–Crippen LogP) is 1.78. The number of ether oxygens (including phenoxy) is 1. The van der Waals surface area contributed by atoms with Crippen molar-refractivity contribution < 1.29 is 27.1 Å². The second-order valence-electron chi connectivity index (χ2n) is 6.16. The first-order valence-corrected chi connectivity index (χ1v) is 10.2. The molecule has 0 bridgehead atoms. The first kappa shape index (κ1) is 22.3. The normalized spacial score (nSPS) is 12.5. The second kappa shape index (κ2) is 9.94. The second-order valence-corrected chi connectivity index (χ2v) is 7.73. The molecule has 7 nitrogen and oxygen atoms in total. The standard InChI is InChI=1S/C20H21FN2O5S/c1-14(28-19(24)11-8-16-4-2-3-5-18(16)21)20(25)23-13-12-15-6-9-17(10-7-15)29(22,26)27/h2-11,14H,12-13H2,1H3,(H,23,25)(H2,22,26,27)/b11-8+/t14-/m1/s1. The van der Waals surface area contributed by atoms with Gasteiger partial charge in [-0.05, 0) is 43.2 Å². The molecule has 0 aromatic heterocycles. The minimum Gasteiger partial charge on any atom is -0.449 e. The molecule has 9 heteroatoms. The van der Waals surface area contributed by atoms with E-state index in [1.54, 1.807) is 18.2 Å². The average molecular weight is 420 g/mol. The molecule has 29 heavy (non-hydrogen) atoms. The zero-order chi connectivity index (χ0) is 21.4. The molecule has 2 aromatic carbocycles. The van der Waals surface area contributed by atoms with Crippen LogP contribution < -0.4 is 10.5 Å². The van der Waals surface area contributed by atoms with Gasteiger partial charge in [0.2, 0.25) is 10.0 Å². The van der Waals surface area contributed by atoms with Crippen LogP contribution in [0.3, 0.4) is 0 Å². The quantitative estimate of drug-likeness (QED) is 0.499. The van der Waals surface area contributed by atoms with Gasteiger partial charge in [-0.2, -0.15) is 0 Å². The predicted molar refractivity (Wildman–Crippen MR) is 106 cm³/mol. The Morgan fingerprint density at radius 3 is 2.45 bits per heavy atom. The van der Waals surface area contributed by atoms with Crippen molar-refractivity contribution in [2.24, 2.45) is 5.14 Å². The maximum Gasteiger partial charge on any atom is 0.331 e. The lowest BCUT2D eigenvalue weighted by Gasteiger charge is -2.12. The summed E-state index contributed by atoms with van der Waals surface area (Å²) in [5, 5.41) is 7.65. The van der Waals surface area contributed by atoms with E-state index in [0.29, 0.717) is 6.42 Å². The third-order valence-electron chi connectivity index (χ3n) is 3.93. The molecule has 0 unspecified atom stereocenters. The number of primary sulfonamides is 1. The van der Waals surface area contributed by atoms with Crippen molar-refractivity contribution in [3.8, 4) is 0 Å². The molecule has 0 aliphatic heterocycles. The highest BCUT2D eigenvalue weighted by atomic mass is 32.2. The minimum absolute atomic E-state index is 0.00857. The van der Waals surface area contributed by atoms with Crippen molar-refractivity contribution in [1.82, 2.24) is 5.32 Å². The summed E-state index contributed by atoms with van der Waals surface area (Å²) >= 11 is 0. The topological polar surface area (TPSA) is 116 Å². The van der Waals surface area contributed by atoms with Gasteiger partial charge < -0.3 is 10.1 Å². The van der Waals surface area contributed by atoms with E-state index in [9.17, 15) is 22.4 Å². The van der Waals surface area contributed by atoms with Crippen LogP contribution in [0.5, 0.6) is 0 Å². The Balaban J connectivity index is 1.78. The van der Waals surface area contributed by atoms with Crippen molar-refractivity contribution in [3.63, 3.8) is 0 Å². The summed E-state index contributed by atoms with van der Waals surface area (Å²) < 4.78 is 40.9. The van der Waals surface area contributed by atoms with Crippen LogP contribution in [0.15, 0.2) is 59.5 Å². The highest BCUT2D eigenvalue weighted by Crippen LogP contribution is 2.10. The Morgan fingerprint density at radius 1 is 1.17 bits per heavy atom. The fourth-order valence-electron chi connectivity index (χ4n) is 2.35. The number of hydrogen-bond donors (Lipinski definition) is 2. The monoisotopic (exact) mass is 420 g/mol. The molecule has 2 aromatic rings. The zero-order valence-electron chi connectivity index (χ0n) is 15.7. The lowest BCUT2D eigenvalue weighted by molar-refractivity contribution is -0.150. The summed E-state index contributed by atoms with van der Waals surface area (Å²) in [6.07, 6.45) is 1.74. The van der Waals surface area contributed by atoms with Gasteiger partial charge in [-0.1, -0.05) is 30.3 Å². The number of carbonyl (C=O) groups excluding carboxylic acids is 2. The van der Waals surface area contributed by atoms with Crippen LogP contribution in [0.4, 0.5) is 4.39 Å². The zero-order valence-corrected chi connectivity index (χ0v) is 16.5. The summed E-state index contributed by atoms with van der Waals surface area (Å²) in [4.78, 5) is 23.8. The molecule has 154 valence electrons. The van der Waals surface area contributed by atoms with Crippen molar-refractivity contribution in [2.45, 2.75) is 24.3 Å². The van der Waals surface area contributed by atoms with Crippen molar-refractivity contribution in [1.29, 1.82) is 0 Å². The Morgan fingerprint density at radius 2 is 1.83 bits per heavy atom. The lowest BCUT2D eigenvalue weighted by Crippen LogP contribution is -2.36. The molecule has 3 N–H and O–H groups in total. The number of halogens is 1. The Labute approximate surface area is 168 Å². The van der Waals surface area contributed by atoms with Gasteiger partial charge in [-0.15, -0.1) is 0 Å². The molecule has 0 saturated carbocycles. The van der Waals surface area contributed by atoms with E-state index >= 15 is 0 Å². The van der Waals surface area contributed by atoms with Gasteiger partial charge in [-0.25, -0.2) is 22.7 Å². The SMILES string of the molecule is C[C@@H](OC(=O)/C=C/c1ccccc1F)C(=O)NCCc1ccc(S(N)(=O)=O)cc1. The van der Waals surface area contributed by atoms with Crippen LogP contribution in [-0.4, -0.2) is 32.9 Å². The van der Waals surface area contributed by atoms with Crippen LogP contribution in [0.2, 0.25) is 0 Å². The highest BCUT2D eigenvalue weighted by molar-refractivity contribution is 7.89. The summed E-state index contributed by atoms with van der Waals surface area (Å²) in [6.45, 7) is 1.69. The van der Waals surface area contributed by atoms with Crippen LogP contribution in [0.25, 0.3) is 6.08 Å². The third-order valence-corrected chi connectivity index (χ3v) is 4.86. The van der Waals surface area contributed by atoms with Gasteiger partial charge in [0.25, 0.3) is 5.91 Å². The fraction of sp³-hybridized carbons (Fsp3) is 0.200. The van der Waals surface area contributed by atoms with E-state index in [1.807, 2.05) is 0 Å². The van der Waals surface area contributed by atoms with E-state index in [2.05, 4.69) is 5.32 Å². The van der Waals surface area contributed by atoms with Gasteiger partial charge >= 0.3 is 5.97 Å². The third kappa shape index (κ3) is 7.13. The highest BCUT2D eigenvalue weighted by Gasteiger charge is 2.16. The van der Waals surface area contributed by atoms with Gasteiger partial charge in [0, 0.05) is 18.2 Å². The number of nitrogens with two attached hydrogens (primary N) is 1. The van der Waals surface area contributed by atoms with E-state index < -0.39 is 33.8 Å². The smallest absolute Gasteiger partial charge is 0.331 e. The van der Waals surface area contributed by atoms with Crippen LogP contribution in [0, 0.1) is 5.82 Å². The number of esters is 1. The molecule has 0 spiro atoms. The molecule has 0 saturated heterocycles. The number of amides is 1. The van der Waals surface area contributed by atoms with Crippen molar-refractivity contribution >= 4 is 28.0 Å². The van der Waals surface area contributed by atoms with Gasteiger partial charge in [0.1, 0.15) is 5.82 Å². The van der Waals surface area contributed by atoms with Crippen molar-refractivity contribution in [2.75, 3.05) is 6.54 Å². The molecule has 0 radical (unpaired) electrons. The molecule has 0 heterocycles. The van der Waals surface area contributed by atoms with E-state index in [4.69, 9.17) is 9.88 Å². The van der Waals surface area contributed by atoms with E-state index in [-0.39, 0.29) is 17.0 Å². The minimum atomic E-state index is -3.75. The molecule has 0 aliphatic rings. The van der Waals surface area contributed by atoms with Crippen LogP contribution in [-0.2, 0) is 30.8 Å². The van der Waals surface area contributed by atoms with Crippen LogP contribution in [0.1, 0.15) is 18.1 Å². The maximum absolute atomic E-state index is 13.5. The van der Waals surface area contributed by atoms with Gasteiger partial charge in [0.15, 0.2) is 6.10 Å². The molecule has 1 atom stereocenters. The van der Waals surface area contributed by atoms with Gasteiger partial charge in [0.05, 0.1) is 4.90 Å². The number of carbonyl (C=O) groups is 2. The summed E-state index contributed by atoms with van der Waals surface area (Å²) in [5.74, 6) is -1.73. The summed E-state index contributed by atoms with van der Waals surface area (Å²) in [5.41, 5.74) is 1.03. The average Bonchev–Trinajstić information content (AvgIpc) is 2.67. The Bertz CT molecular complexity index is 1000. The van der Waals surface area contributed by atoms with Gasteiger partial charge in [-0.3, -0.25) is 4.79 Å². The first-order valence-electron chi connectivity index (χ1n) is 8.69. The molecule has 0 fully saturated rings. The van der Waals surface area contributed by atoms with E-state index in [1.165, 1.54) is 43.3 Å². The number of hydrogen-bond acceptors (Lipinski definition) is 5. The maximum atomic E-state index is 13.5. The van der Waals surface area contributed by atoms with E-state index in [0.717, 1.165) is 11.6 Å². The molecular formula is C20H21FN2O5S. The summed E-state index contributed by atoms with van der Waals surface area (Å²) in [7, 11) is -3.75. The Hall–Kier alpha value is -3.04. The first-order chi connectivity index (χ1) is 13.7. The molecular weight excluding hydrogens is 399 g/mol. The van der Waals surface area contributed by atoms with Crippen molar-refractivity contribution in [3.05, 3.63) is 71.6 Å². The molecule has 1 amide bonds. The Kier molecular flexibility index (Phi) is 7.63. The number of sulfonamides is 1. The number of rotatable bonds is 8.